The van der Waals surface area contributed by atoms with E-state index in [1.807, 2.05) is 61.5 Å². The van der Waals surface area contributed by atoms with Gasteiger partial charge in [-0.2, -0.15) is 4.31 Å². The lowest BCUT2D eigenvalue weighted by molar-refractivity contribution is 0.0165. The summed E-state index contributed by atoms with van der Waals surface area (Å²) in [7, 11) is -3.15. The third-order valence-corrected chi connectivity index (χ3v) is 9.87. The summed E-state index contributed by atoms with van der Waals surface area (Å²) in [5.41, 5.74) is 1.84. The molecule has 1 aliphatic heterocycles. The zero-order valence-electron chi connectivity index (χ0n) is 21.5. The molecule has 2 aliphatic rings. The van der Waals surface area contributed by atoms with Crippen molar-refractivity contribution in [3.63, 3.8) is 0 Å². The van der Waals surface area contributed by atoms with Gasteiger partial charge in [0.25, 0.3) is 0 Å². The maximum atomic E-state index is 13.1. The van der Waals surface area contributed by atoms with E-state index in [0.29, 0.717) is 32.5 Å². The van der Waals surface area contributed by atoms with Crippen LogP contribution in [0.2, 0.25) is 0 Å². The highest BCUT2D eigenvalue weighted by Crippen LogP contribution is 2.38. The fourth-order valence-electron chi connectivity index (χ4n) is 5.73. The molecule has 1 saturated heterocycles. The van der Waals surface area contributed by atoms with E-state index in [2.05, 4.69) is 4.90 Å². The van der Waals surface area contributed by atoms with Crippen molar-refractivity contribution < 1.29 is 17.9 Å². The molecule has 6 nitrogen and oxygen atoms in total. The van der Waals surface area contributed by atoms with Crippen LogP contribution < -0.4 is 4.74 Å². The number of sulfonamides is 1. The van der Waals surface area contributed by atoms with E-state index in [-0.39, 0.29) is 17.1 Å². The molecule has 2 fully saturated rings. The molecule has 7 heteroatoms. The molecule has 0 radical (unpaired) electrons. The lowest BCUT2D eigenvalue weighted by Gasteiger charge is -2.50. The largest absolute Gasteiger partial charge is 0.489 e. The lowest BCUT2D eigenvalue weighted by atomic mass is 9.76. The highest BCUT2D eigenvalue weighted by atomic mass is 32.2. The molecule has 1 heterocycles. The predicted molar refractivity (Wildman–Crippen MR) is 144 cm³/mol. The van der Waals surface area contributed by atoms with Gasteiger partial charge in [-0.1, -0.05) is 56.5 Å². The van der Waals surface area contributed by atoms with E-state index in [4.69, 9.17) is 4.74 Å². The molecule has 0 bridgehead atoms. The van der Waals surface area contributed by atoms with Crippen molar-refractivity contribution in [1.82, 2.24) is 9.21 Å². The second-order valence-electron chi connectivity index (χ2n) is 10.2. The third-order valence-electron chi connectivity index (χ3n) is 7.79. The van der Waals surface area contributed by atoms with E-state index < -0.39 is 10.0 Å². The Morgan fingerprint density at radius 3 is 2.22 bits per heavy atom. The van der Waals surface area contributed by atoms with E-state index in [9.17, 15) is 13.2 Å². The average Bonchev–Trinajstić information content (AvgIpc) is 2.92. The van der Waals surface area contributed by atoms with Crippen LogP contribution >= 0.6 is 0 Å². The van der Waals surface area contributed by atoms with Gasteiger partial charge in [0.15, 0.2) is 5.78 Å². The van der Waals surface area contributed by atoms with Gasteiger partial charge < -0.3 is 4.74 Å². The van der Waals surface area contributed by atoms with Gasteiger partial charge in [0.1, 0.15) is 12.4 Å². The monoisotopic (exact) mass is 512 g/mol. The van der Waals surface area contributed by atoms with Gasteiger partial charge in [-0.3, -0.25) is 9.69 Å². The Bertz CT molecular complexity index is 1070. The minimum atomic E-state index is -3.15. The second-order valence-corrected chi connectivity index (χ2v) is 12.3. The van der Waals surface area contributed by atoms with Crippen molar-refractivity contribution in [1.29, 1.82) is 0 Å². The number of piperazine rings is 1. The summed E-state index contributed by atoms with van der Waals surface area (Å²) < 4.78 is 32.5. The Morgan fingerprint density at radius 2 is 1.58 bits per heavy atom. The Hall–Kier alpha value is -2.22. The van der Waals surface area contributed by atoms with Gasteiger partial charge in [0.2, 0.25) is 10.0 Å². The van der Waals surface area contributed by atoms with Crippen LogP contribution in [0.15, 0.2) is 54.6 Å². The summed E-state index contributed by atoms with van der Waals surface area (Å²) in [4.78, 5) is 15.6. The molecule has 0 amide bonds. The summed E-state index contributed by atoms with van der Waals surface area (Å²) in [5, 5.41) is 0. The summed E-state index contributed by atoms with van der Waals surface area (Å²) >= 11 is 0. The van der Waals surface area contributed by atoms with Crippen molar-refractivity contribution >= 4 is 15.8 Å². The van der Waals surface area contributed by atoms with Crippen molar-refractivity contribution in [2.75, 3.05) is 31.9 Å². The summed E-state index contributed by atoms with van der Waals surface area (Å²) in [6.45, 7) is 5.04. The number of hydrogen-bond donors (Lipinski definition) is 0. The number of ether oxygens (including phenoxy) is 1. The maximum absolute atomic E-state index is 13.1. The predicted octanol–water partition coefficient (Wildman–Crippen LogP) is 5.29. The molecule has 0 atom stereocenters. The number of carbonyl (C=O) groups excluding carboxylic acids is 1. The number of rotatable bonds is 11. The molecule has 0 aromatic heterocycles. The van der Waals surface area contributed by atoms with Crippen molar-refractivity contribution in [2.24, 2.45) is 0 Å². The summed E-state index contributed by atoms with van der Waals surface area (Å²) in [6.07, 6.45) is 7.77. The fraction of sp³-hybridized carbons (Fsp3) is 0.552. The second kappa shape index (κ2) is 12.3. The number of ketones is 1. The first-order chi connectivity index (χ1) is 17.4. The van der Waals surface area contributed by atoms with Crippen LogP contribution in [-0.4, -0.2) is 60.9 Å². The molecule has 0 N–H and O–H groups in total. The van der Waals surface area contributed by atoms with Crippen LogP contribution in [0.25, 0.3) is 0 Å². The van der Waals surface area contributed by atoms with E-state index >= 15 is 0 Å². The molecule has 0 unspecified atom stereocenters. The molecular weight excluding hydrogens is 472 g/mol. The summed E-state index contributed by atoms with van der Waals surface area (Å²) in [6, 6.07) is 17.5. The van der Waals surface area contributed by atoms with Crippen LogP contribution in [0.3, 0.4) is 0 Å². The Morgan fingerprint density at radius 1 is 0.917 bits per heavy atom. The molecule has 0 spiro atoms. The van der Waals surface area contributed by atoms with Crippen LogP contribution in [0.1, 0.15) is 74.2 Å². The highest BCUT2D eigenvalue weighted by Gasteiger charge is 2.40. The van der Waals surface area contributed by atoms with Crippen LogP contribution in [0.5, 0.6) is 5.75 Å². The van der Waals surface area contributed by atoms with E-state index in [0.717, 1.165) is 49.2 Å². The van der Waals surface area contributed by atoms with Gasteiger partial charge in [0.05, 0.1) is 5.75 Å². The van der Waals surface area contributed by atoms with Crippen LogP contribution in [0, 0.1) is 0 Å². The first kappa shape index (κ1) is 26.8. The van der Waals surface area contributed by atoms with Crippen LogP contribution in [0.4, 0.5) is 0 Å². The van der Waals surface area contributed by atoms with Gasteiger partial charge >= 0.3 is 0 Å². The number of Topliss-reactive ketones (excluding diaryl/α,β-unsaturated/α-hetero) is 1. The normalized spacial score (nSPS) is 19.1. The molecule has 2 aromatic carbocycles. The molecule has 1 aliphatic carbocycles. The molecule has 2 aromatic rings. The SMILES string of the molecule is CCCS(=O)(=O)N1CCN(C2(CCC(=O)c3ccc(OCc4ccccc4)cc3)CCCCC2)CC1. The quantitative estimate of drug-likeness (QED) is 0.383. The maximum Gasteiger partial charge on any atom is 0.214 e. The van der Waals surface area contributed by atoms with Gasteiger partial charge in [-0.25, -0.2) is 8.42 Å². The van der Waals surface area contributed by atoms with E-state index in [1.165, 1.54) is 19.3 Å². The number of hydrogen-bond acceptors (Lipinski definition) is 5. The fourth-order valence-corrected chi connectivity index (χ4v) is 7.22. The zero-order chi connectivity index (χ0) is 25.4. The van der Waals surface area contributed by atoms with Gasteiger partial charge in [0, 0.05) is 43.7 Å². The Labute approximate surface area is 216 Å². The lowest BCUT2D eigenvalue weighted by Crippen LogP contribution is -2.58. The minimum Gasteiger partial charge on any atom is -0.489 e. The number of nitrogens with zero attached hydrogens (tertiary/aromatic N) is 2. The van der Waals surface area contributed by atoms with Gasteiger partial charge in [-0.05, 0) is 55.5 Å². The standard InChI is InChI=1S/C29H40N2O4S/c1-2-23-36(33,34)31-21-19-30(20-22-31)29(16-7-4-8-17-29)18-15-28(32)26-11-13-27(14-12-26)35-24-25-9-5-3-6-10-25/h3,5-6,9-14H,2,4,7-8,15-24H2,1H3. The minimum absolute atomic E-state index is 0.00720. The molecule has 196 valence electrons. The van der Waals surface area contributed by atoms with Crippen molar-refractivity contribution in [3.05, 3.63) is 65.7 Å². The Kier molecular flexibility index (Phi) is 9.20. The van der Waals surface area contributed by atoms with Crippen molar-refractivity contribution in [3.8, 4) is 5.75 Å². The van der Waals surface area contributed by atoms with Crippen molar-refractivity contribution in [2.45, 2.75) is 70.4 Å². The average molecular weight is 513 g/mol. The number of carbonyl (C=O) groups is 1. The first-order valence-electron chi connectivity index (χ1n) is 13.4. The molecular formula is C29H40N2O4S. The topological polar surface area (TPSA) is 66.9 Å². The molecule has 36 heavy (non-hydrogen) atoms. The number of benzene rings is 2. The van der Waals surface area contributed by atoms with Gasteiger partial charge in [-0.15, -0.1) is 0 Å². The molecule has 4 rings (SSSR count). The van der Waals surface area contributed by atoms with Crippen LogP contribution in [-0.2, 0) is 16.6 Å². The molecule has 1 saturated carbocycles. The highest BCUT2D eigenvalue weighted by molar-refractivity contribution is 7.89. The zero-order valence-corrected chi connectivity index (χ0v) is 22.3. The Balaban J connectivity index is 1.33. The van der Waals surface area contributed by atoms with E-state index in [1.54, 1.807) is 4.31 Å². The smallest absolute Gasteiger partial charge is 0.214 e. The first-order valence-corrected chi connectivity index (χ1v) is 15.1. The summed E-state index contributed by atoms with van der Waals surface area (Å²) in [5.74, 6) is 1.15. The third kappa shape index (κ3) is 6.75.